The standard InChI is InChI=1S/C22H30O3/c23-22(24)19-17-15-13-11-9-7-5-3-1-2-4-6-8-10-12-14-16-18-21-20-25-21/h1-2,4,6,8,10,12,14,16,18,20H,3,5,7,9,11,13,15,17,19H2,(H,23,24). The summed E-state index contributed by atoms with van der Waals surface area (Å²) < 4.78 is 4.87. The van der Waals surface area contributed by atoms with E-state index in [9.17, 15) is 4.79 Å². The van der Waals surface area contributed by atoms with E-state index >= 15 is 0 Å². The van der Waals surface area contributed by atoms with Gasteiger partial charge in [0.05, 0.1) is 0 Å². The molecule has 0 unspecified atom stereocenters. The van der Waals surface area contributed by atoms with Gasteiger partial charge in [-0.2, -0.15) is 0 Å². The van der Waals surface area contributed by atoms with Crippen molar-refractivity contribution in [2.45, 2.75) is 57.8 Å². The lowest BCUT2D eigenvalue weighted by Crippen LogP contribution is -1.93. The molecule has 0 saturated carbocycles. The summed E-state index contributed by atoms with van der Waals surface area (Å²) in [7, 11) is 0. The number of aliphatic carboxylic acids is 1. The molecular weight excluding hydrogens is 312 g/mol. The fraction of sp³-hybridized carbons (Fsp3) is 0.409. The first-order chi connectivity index (χ1) is 12.3. The number of allylic oxidation sites excluding steroid dienone is 10. The second-order valence-corrected chi connectivity index (χ2v) is 5.99. The number of hydrogen-bond acceptors (Lipinski definition) is 2. The zero-order chi connectivity index (χ0) is 18.0. The molecule has 0 aromatic rings. The highest BCUT2D eigenvalue weighted by Gasteiger charge is 2.01. The van der Waals surface area contributed by atoms with Gasteiger partial charge in [-0.1, -0.05) is 86.8 Å². The summed E-state index contributed by atoms with van der Waals surface area (Å²) in [5, 5.41) is 8.54. The summed E-state index contributed by atoms with van der Waals surface area (Å²) in [6.45, 7) is 0. The third-order valence-corrected chi connectivity index (χ3v) is 3.69. The zero-order valence-electron chi connectivity index (χ0n) is 15.0. The van der Waals surface area contributed by atoms with Crippen LogP contribution in [0.2, 0.25) is 0 Å². The highest BCUT2D eigenvalue weighted by atomic mass is 16.5. The molecule has 0 fully saturated rings. The normalized spacial score (nSPS) is 14.3. The molecule has 0 spiro atoms. The van der Waals surface area contributed by atoms with Crippen molar-refractivity contribution >= 4 is 5.97 Å². The number of hydrogen-bond donors (Lipinski definition) is 1. The van der Waals surface area contributed by atoms with E-state index in [2.05, 4.69) is 12.2 Å². The van der Waals surface area contributed by atoms with Gasteiger partial charge in [0.25, 0.3) is 0 Å². The molecule has 0 saturated heterocycles. The van der Waals surface area contributed by atoms with E-state index in [0.29, 0.717) is 6.42 Å². The SMILES string of the molecule is O=C(O)CCCCCCCCCC=CC=CC=CC=CC=CC1=CO1. The molecule has 1 N–H and O–H groups in total. The summed E-state index contributed by atoms with van der Waals surface area (Å²) in [5.74, 6) is 0.247. The lowest BCUT2D eigenvalue weighted by molar-refractivity contribution is -0.137. The predicted molar refractivity (Wildman–Crippen MR) is 104 cm³/mol. The van der Waals surface area contributed by atoms with Crippen molar-refractivity contribution in [2.24, 2.45) is 0 Å². The Balaban J connectivity index is 1.85. The van der Waals surface area contributed by atoms with Crippen LogP contribution >= 0.6 is 0 Å². The lowest BCUT2D eigenvalue weighted by atomic mass is 10.1. The first-order valence-corrected chi connectivity index (χ1v) is 9.21. The van der Waals surface area contributed by atoms with Crippen molar-refractivity contribution in [1.82, 2.24) is 0 Å². The molecule has 1 heterocycles. The summed E-state index contributed by atoms with van der Waals surface area (Å²) in [6, 6.07) is 0. The molecule has 0 aromatic carbocycles. The smallest absolute Gasteiger partial charge is 0.303 e. The molecule has 1 aliphatic rings. The van der Waals surface area contributed by atoms with E-state index in [1.165, 1.54) is 25.7 Å². The maximum absolute atomic E-state index is 10.4. The minimum absolute atomic E-state index is 0.314. The summed E-state index contributed by atoms with van der Waals surface area (Å²) in [5.41, 5.74) is 0. The Hall–Kier alpha value is -2.29. The monoisotopic (exact) mass is 342 g/mol. The third kappa shape index (κ3) is 16.4. The van der Waals surface area contributed by atoms with Gasteiger partial charge in [-0.25, -0.2) is 0 Å². The van der Waals surface area contributed by atoms with Crippen molar-refractivity contribution in [3.8, 4) is 0 Å². The fourth-order valence-corrected chi connectivity index (χ4v) is 2.24. The van der Waals surface area contributed by atoms with Crippen molar-refractivity contribution in [1.29, 1.82) is 0 Å². The molecular formula is C22H30O3. The van der Waals surface area contributed by atoms with E-state index in [4.69, 9.17) is 9.84 Å². The van der Waals surface area contributed by atoms with Crippen LogP contribution in [0.1, 0.15) is 57.8 Å². The van der Waals surface area contributed by atoms with E-state index in [1.54, 1.807) is 6.26 Å². The van der Waals surface area contributed by atoms with Crippen LogP contribution < -0.4 is 0 Å². The number of carboxylic acid groups (broad SMARTS) is 1. The Morgan fingerprint density at radius 3 is 1.92 bits per heavy atom. The molecule has 0 radical (unpaired) electrons. The van der Waals surface area contributed by atoms with Crippen LogP contribution in [0.25, 0.3) is 0 Å². The fourth-order valence-electron chi connectivity index (χ4n) is 2.24. The Bertz CT molecular complexity index is 533. The van der Waals surface area contributed by atoms with Gasteiger partial charge >= 0.3 is 5.97 Å². The maximum Gasteiger partial charge on any atom is 0.303 e. The molecule has 0 amide bonds. The van der Waals surface area contributed by atoms with Gasteiger partial charge < -0.3 is 9.84 Å². The van der Waals surface area contributed by atoms with Crippen LogP contribution in [0.4, 0.5) is 0 Å². The van der Waals surface area contributed by atoms with E-state index in [-0.39, 0.29) is 0 Å². The Morgan fingerprint density at radius 2 is 1.32 bits per heavy atom. The summed E-state index contributed by atoms with van der Waals surface area (Å²) in [4.78, 5) is 10.4. The average Bonchev–Trinajstić information content (AvgIpc) is 3.41. The van der Waals surface area contributed by atoms with Gasteiger partial charge in [-0.15, -0.1) is 0 Å². The quantitative estimate of drug-likeness (QED) is 0.283. The molecule has 0 aromatic heterocycles. The lowest BCUT2D eigenvalue weighted by Gasteiger charge is -1.99. The highest BCUT2D eigenvalue weighted by Crippen LogP contribution is 2.13. The Morgan fingerprint density at radius 1 is 0.800 bits per heavy atom. The van der Waals surface area contributed by atoms with Gasteiger partial charge in [-0.3, -0.25) is 4.79 Å². The summed E-state index contributed by atoms with van der Waals surface area (Å²) in [6.07, 6.45) is 31.3. The number of rotatable bonds is 15. The molecule has 1 aliphatic heterocycles. The van der Waals surface area contributed by atoms with E-state index in [0.717, 1.165) is 31.4 Å². The second kappa shape index (κ2) is 15.3. The average molecular weight is 342 g/mol. The van der Waals surface area contributed by atoms with Crippen LogP contribution in [-0.4, -0.2) is 11.1 Å². The molecule has 0 bridgehead atoms. The molecule has 0 aliphatic carbocycles. The van der Waals surface area contributed by atoms with Crippen LogP contribution in [0.3, 0.4) is 0 Å². The van der Waals surface area contributed by atoms with Crippen molar-refractivity contribution in [3.05, 3.63) is 72.8 Å². The van der Waals surface area contributed by atoms with Gasteiger partial charge in [0.15, 0.2) is 5.76 Å². The van der Waals surface area contributed by atoms with Crippen LogP contribution in [-0.2, 0) is 9.53 Å². The van der Waals surface area contributed by atoms with Gasteiger partial charge in [0.1, 0.15) is 6.26 Å². The molecule has 136 valence electrons. The maximum atomic E-state index is 10.4. The first-order valence-electron chi connectivity index (χ1n) is 9.21. The third-order valence-electron chi connectivity index (χ3n) is 3.69. The van der Waals surface area contributed by atoms with E-state index in [1.807, 2.05) is 48.6 Å². The minimum Gasteiger partial charge on any atom is -0.481 e. The van der Waals surface area contributed by atoms with Crippen molar-refractivity contribution < 1.29 is 14.6 Å². The van der Waals surface area contributed by atoms with Gasteiger partial charge in [-0.05, 0) is 25.3 Å². The van der Waals surface area contributed by atoms with Gasteiger partial charge in [0, 0.05) is 6.42 Å². The number of carboxylic acids is 1. The number of unbranched alkanes of at least 4 members (excludes halogenated alkanes) is 7. The zero-order valence-corrected chi connectivity index (χ0v) is 15.0. The van der Waals surface area contributed by atoms with Gasteiger partial charge in [0.2, 0.25) is 0 Å². The predicted octanol–water partition coefficient (Wildman–Crippen LogP) is 6.23. The topological polar surface area (TPSA) is 49.8 Å². The van der Waals surface area contributed by atoms with Crippen LogP contribution in [0, 0.1) is 0 Å². The van der Waals surface area contributed by atoms with Crippen LogP contribution in [0.5, 0.6) is 0 Å². The summed E-state index contributed by atoms with van der Waals surface area (Å²) >= 11 is 0. The largest absolute Gasteiger partial charge is 0.481 e. The number of ether oxygens (including phenoxy) is 1. The van der Waals surface area contributed by atoms with Crippen molar-refractivity contribution in [3.63, 3.8) is 0 Å². The second-order valence-electron chi connectivity index (χ2n) is 5.99. The number of carbonyl (C=O) groups is 1. The first kappa shape index (κ1) is 20.8. The van der Waals surface area contributed by atoms with E-state index < -0.39 is 5.97 Å². The minimum atomic E-state index is -0.678. The van der Waals surface area contributed by atoms with Crippen LogP contribution in [0.15, 0.2) is 72.8 Å². The van der Waals surface area contributed by atoms with Crippen molar-refractivity contribution in [2.75, 3.05) is 0 Å². The molecule has 25 heavy (non-hydrogen) atoms. The highest BCUT2D eigenvalue weighted by molar-refractivity contribution is 5.66. The molecule has 3 heteroatoms. The molecule has 1 rings (SSSR count). The Labute approximate surface area is 151 Å². The molecule has 0 atom stereocenters. The Kier molecular flexibility index (Phi) is 12.7. The molecule has 3 nitrogen and oxygen atoms in total.